The first-order valence-electron chi connectivity index (χ1n) is 9.44. The smallest absolute Gasteiger partial charge is 0.359 e. The fourth-order valence-corrected chi connectivity index (χ4v) is 2.91. The van der Waals surface area contributed by atoms with Crippen molar-refractivity contribution < 1.29 is 14.3 Å². The Morgan fingerprint density at radius 2 is 1.71 bits per heavy atom. The summed E-state index contributed by atoms with van der Waals surface area (Å²) in [5.41, 5.74) is 2.59. The Bertz CT molecular complexity index is 940. The number of hydrogen-bond donors (Lipinski definition) is 0. The van der Waals surface area contributed by atoms with Gasteiger partial charge in [-0.1, -0.05) is 44.2 Å². The fourth-order valence-electron chi connectivity index (χ4n) is 2.91. The van der Waals surface area contributed by atoms with E-state index < -0.39 is 5.97 Å². The second-order valence-corrected chi connectivity index (χ2v) is 6.83. The SMILES string of the molecule is CCOC(=O)c1nnc(-c2ccccc2Oc2ccccc2)cc1CC(C)C. The van der Waals surface area contributed by atoms with Crippen molar-refractivity contribution in [3.05, 3.63) is 71.9 Å². The molecule has 0 atom stereocenters. The van der Waals surface area contributed by atoms with Crippen molar-refractivity contribution in [1.29, 1.82) is 0 Å². The van der Waals surface area contributed by atoms with Gasteiger partial charge in [0.1, 0.15) is 11.5 Å². The van der Waals surface area contributed by atoms with E-state index in [1.807, 2.05) is 60.7 Å². The molecule has 0 amide bonds. The Labute approximate surface area is 165 Å². The van der Waals surface area contributed by atoms with Crippen LogP contribution in [0.1, 0.15) is 36.8 Å². The lowest BCUT2D eigenvalue weighted by atomic mass is 9.99. The van der Waals surface area contributed by atoms with Gasteiger partial charge in [0, 0.05) is 5.56 Å². The van der Waals surface area contributed by atoms with Crippen LogP contribution in [0.25, 0.3) is 11.3 Å². The summed E-state index contributed by atoms with van der Waals surface area (Å²) >= 11 is 0. The van der Waals surface area contributed by atoms with Gasteiger partial charge in [0.05, 0.1) is 12.3 Å². The number of ether oxygens (including phenoxy) is 2. The van der Waals surface area contributed by atoms with Crippen molar-refractivity contribution in [3.63, 3.8) is 0 Å². The van der Waals surface area contributed by atoms with E-state index in [4.69, 9.17) is 9.47 Å². The summed E-state index contributed by atoms with van der Waals surface area (Å²) in [6.07, 6.45) is 0.707. The van der Waals surface area contributed by atoms with Crippen LogP contribution in [0.5, 0.6) is 11.5 Å². The van der Waals surface area contributed by atoms with Crippen LogP contribution in [0.2, 0.25) is 0 Å². The standard InChI is InChI=1S/C23H24N2O3/c1-4-27-23(26)22-17(14-16(2)3)15-20(24-25-22)19-12-8-9-13-21(19)28-18-10-6-5-7-11-18/h5-13,15-16H,4,14H2,1-3H3. The molecule has 0 aliphatic carbocycles. The summed E-state index contributed by atoms with van der Waals surface area (Å²) in [4.78, 5) is 12.3. The molecule has 2 aromatic carbocycles. The van der Waals surface area contributed by atoms with E-state index >= 15 is 0 Å². The zero-order valence-electron chi connectivity index (χ0n) is 16.4. The number of nitrogens with zero attached hydrogens (tertiary/aromatic N) is 2. The molecule has 5 heteroatoms. The largest absolute Gasteiger partial charge is 0.461 e. The van der Waals surface area contributed by atoms with E-state index in [0.717, 1.165) is 16.9 Å². The molecule has 28 heavy (non-hydrogen) atoms. The third-order valence-corrected chi connectivity index (χ3v) is 4.10. The molecule has 3 rings (SSSR count). The van der Waals surface area contributed by atoms with Crippen LogP contribution in [0.4, 0.5) is 0 Å². The predicted molar refractivity (Wildman–Crippen MR) is 108 cm³/mol. The van der Waals surface area contributed by atoms with Gasteiger partial charge < -0.3 is 9.47 Å². The van der Waals surface area contributed by atoms with Gasteiger partial charge in [-0.15, -0.1) is 10.2 Å². The predicted octanol–water partition coefficient (Wildman–Crippen LogP) is 5.31. The Morgan fingerprint density at radius 3 is 2.43 bits per heavy atom. The van der Waals surface area contributed by atoms with E-state index in [0.29, 0.717) is 30.4 Å². The molecule has 1 heterocycles. The molecule has 0 radical (unpaired) electrons. The highest BCUT2D eigenvalue weighted by Gasteiger charge is 2.19. The third-order valence-electron chi connectivity index (χ3n) is 4.10. The number of aromatic nitrogens is 2. The normalized spacial score (nSPS) is 10.7. The number of rotatable bonds is 7. The fraction of sp³-hybridized carbons (Fsp3) is 0.261. The Hall–Kier alpha value is -3.21. The average Bonchev–Trinajstić information content (AvgIpc) is 2.69. The lowest BCUT2D eigenvalue weighted by Gasteiger charge is -2.13. The first kappa shape index (κ1) is 19.5. The molecule has 0 saturated carbocycles. The summed E-state index contributed by atoms with van der Waals surface area (Å²) < 4.78 is 11.2. The van der Waals surface area contributed by atoms with Crippen LogP contribution in [0.3, 0.4) is 0 Å². The monoisotopic (exact) mass is 376 g/mol. The molecule has 1 aromatic heterocycles. The minimum atomic E-state index is -0.439. The maximum atomic E-state index is 12.3. The first-order valence-corrected chi connectivity index (χ1v) is 9.44. The van der Waals surface area contributed by atoms with E-state index in [9.17, 15) is 4.79 Å². The molecular formula is C23H24N2O3. The van der Waals surface area contributed by atoms with Gasteiger partial charge in [0.15, 0.2) is 5.69 Å². The maximum Gasteiger partial charge on any atom is 0.359 e. The van der Waals surface area contributed by atoms with Crippen molar-refractivity contribution in [2.75, 3.05) is 6.61 Å². The van der Waals surface area contributed by atoms with Crippen molar-refractivity contribution in [2.45, 2.75) is 27.2 Å². The Balaban J connectivity index is 2.01. The number of hydrogen-bond acceptors (Lipinski definition) is 5. The van der Waals surface area contributed by atoms with E-state index in [-0.39, 0.29) is 5.69 Å². The van der Waals surface area contributed by atoms with Crippen molar-refractivity contribution >= 4 is 5.97 Å². The summed E-state index contributed by atoms with van der Waals surface area (Å²) in [6.45, 7) is 6.28. The van der Waals surface area contributed by atoms with Gasteiger partial charge in [-0.3, -0.25) is 0 Å². The lowest BCUT2D eigenvalue weighted by molar-refractivity contribution is 0.0516. The van der Waals surface area contributed by atoms with E-state index in [1.54, 1.807) is 6.92 Å². The second kappa shape index (κ2) is 9.13. The molecule has 0 saturated heterocycles. The molecule has 0 aliphatic heterocycles. The minimum Gasteiger partial charge on any atom is -0.461 e. The summed E-state index contributed by atoms with van der Waals surface area (Å²) in [5, 5.41) is 8.49. The molecule has 0 N–H and O–H groups in total. The highest BCUT2D eigenvalue weighted by atomic mass is 16.5. The molecule has 144 valence electrons. The van der Waals surface area contributed by atoms with Gasteiger partial charge in [-0.25, -0.2) is 4.79 Å². The van der Waals surface area contributed by atoms with Crippen molar-refractivity contribution in [3.8, 4) is 22.8 Å². The molecule has 5 nitrogen and oxygen atoms in total. The minimum absolute atomic E-state index is 0.278. The zero-order chi connectivity index (χ0) is 19.9. The number of benzene rings is 2. The highest BCUT2D eigenvalue weighted by molar-refractivity contribution is 5.89. The van der Waals surface area contributed by atoms with Crippen molar-refractivity contribution in [2.24, 2.45) is 5.92 Å². The molecule has 0 aliphatic rings. The van der Waals surface area contributed by atoms with Gasteiger partial charge in [0.2, 0.25) is 0 Å². The Kier molecular flexibility index (Phi) is 6.37. The number of carbonyl (C=O) groups excluding carboxylic acids is 1. The molecule has 0 fully saturated rings. The van der Waals surface area contributed by atoms with Gasteiger partial charge in [0.25, 0.3) is 0 Å². The Morgan fingerprint density at radius 1 is 1.00 bits per heavy atom. The van der Waals surface area contributed by atoms with Gasteiger partial charge in [-0.2, -0.15) is 0 Å². The van der Waals surface area contributed by atoms with Crippen LogP contribution >= 0.6 is 0 Å². The quantitative estimate of drug-likeness (QED) is 0.523. The maximum absolute atomic E-state index is 12.3. The van der Waals surface area contributed by atoms with Crippen LogP contribution in [0.15, 0.2) is 60.7 Å². The van der Waals surface area contributed by atoms with Gasteiger partial charge in [-0.05, 0) is 55.2 Å². The average molecular weight is 376 g/mol. The number of para-hydroxylation sites is 2. The lowest BCUT2D eigenvalue weighted by Crippen LogP contribution is -2.13. The third kappa shape index (κ3) is 4.74. The topological polar surface area (TPSA) is 61.3 Å². The molecule has 3 aromatic rings. The van der Waals surface area contributed by atoms with Crippen LogP contribution < -0.4 is 4.74 Å². The summed E-state index contributed by atoms with van der Waals surface area (Å²) in [7, 11) is 0. The summed E-state index contributed by atoms with van der Waals surface area (Å²) in [6, 6.07) is 19.2. The van der Waals surface area contributed by atoms with E-state index in [1.165, 1.54) is 0 Å². The zero-order valence-corrected chi connectivity index (χ0v) is 16.4. The second-order valence-electron chi connectivity index (χ2n) is 6.83. The molecular weight excluding hydrogens is 352 g/mol. The van der Waals surface area contributed by atoms with E-state index in [2.05, 4.69) is 24.0 Å². The molecule has 0 bridgehead atoms. The van der Waals surface area contributed by atoms with Crippen LogP contribution in [-0.4, -0.2) is 22.8 Å². The highest BCUT2D eigenvalue weighted by Crippen LogP contribution is 2.32. The first-order chi connectivity index (χ1) is 13.6. The summed E-state index contributed by atoms with van der Waals surface area (Å²) in [5.74, 6) is 1.35. The number of carbonyl (C=O) groups is 1. The van der Waals surface area contributed by atoms with Gasteiger partial charge >= 0.3 is 5.97 Å². The molecule has 0 unspecified atom stereocenters. The molecule has 0 spiro atoms. The number of esters is 1. The van der Waals surface area contributed by atoms with Crippen LogP contribution in [-0.2, 0) is 11.2 Å². The van der Waals surface area contributed by atoms with Crippen LogP contribution in [0, 0.1) is 5.92 Å². The van der Waals surface area contributed by atoms with Crippen molar-refractivity contribution in [1.82, 2.24) is 10.2 Å².